The van der Waals surface area contributed by atoms with Gasteiger partial charge in [0.1, 0.15) is 5.82 Å². The van der Waals surface area contributed by atoms with Gasteiger partial charge in [0, 0.05) is 16.2 Å². The summed E-state index contributed by atoms with van der Waals surface area (Å²) >= 11 is 1.99. The van der Waals surface area contributed by atoms with Crippen molar-refractivity contribution >= 4 is 28.5 Å². The van der Waals surface area contributed by atoms with E-state index < -0.39 is 0 Å². The summed E-state index contributed by atoms with van der Waals surface area (Å²) in [6.07, 6.45) is 2.49. The van der Waals surface area contributed by atoms with Gasteiger partial charge in [-0.15, -0.1) is 0 Å². The largest absolute Gasteiger partial charge is 0.350 e. The molecule has 1 aliphatic rings. The second-order valence-corrected chi connectivity index (χ2v) is 6.09. The Morgan fingerprint density at radius 2 is 2.16 bits per heavy atom. The highest BCUT2D eigenvalue weighted by molar-refractivity contribution is 14.1. The highest BCUT2D eigenvalue weighted by atomic mass is 127. The molecule has 1 fully saturated rings. The van der Waals surface area contributed by atoms with E-state index in [-0.39, 0.29) is 11.7 Å². The number of halogens is 2. The monoisotopic (exact) mass is 376 g/mol. The van der Waals surface area contributed by atoms with Gasteiger partial charge in [0.05, 0.1) is 5.56 Å². The van der Waals surface area contributed by atoms with E-state index in [1.165, 1.54) is 31.0 Å². The lowest BCUT2D eigenvalue weighted by Gasteiger charge is -2.23. The van der Waals surface area contributed by atoms with Gasteiger partial charge in [0.25, 0.3) is 5.91 Å². The SMILES string of the molecule is C[C@@H](CNC(=O)c1ccc(F)cc1I)N1CCCC1. The number of likely N-dealkylation sites (tertiary alicyclic amines) is 1. The normalized spacial score (nSPS) is 17.4. The van der Waals surface area contributed by atoms with Crippen LogP contribution in [0, 0.1) is 9.39 Å². The molecular weight excluding hydrogens is 358 g/mol. The first-order chi connectivity index (χ1) is 9.08. The van der Waals surface area contributed by atoms with Gasteiger partial charge in [-0.1, -0.05) is 0 Å². The van der Waals surface area contributed by atoms with Crippen LogP contribution in [0.3, 0.4) is 0 Å². The summed E-state index contributed by atoms with van der Waals surface area (Å²) < 4.78 is 13.6. The van der Waals surface area contributed by atoms with Crippen molar-refractivity contribution in [1.82, 2.24) is 10.2 Å². The third kappa shape index (κ3) is 3.89. The summed E-state index contributed by atoms with van der Waals surface area (Å²) in [6.45, 7) is 4.99. The van der Waals surface area contributed by atoms with Crippen LogP contribution in [0.25, 0.3) is 0 Å². The van der Waals surface area contributed by atoms with Crippen molar-refractivity contribution in [2.75, 3.05) is 19.6 Å². The summed E-state index contributed by atoms with van der Waals surface area (Å²) in [5.41, 5.74) is 0.538. The predicted octanol–water partition coefficient (Wildman–Crippen LogP) is 2.64. The molecule has 0 bridgehead atoms. The molecule has 1 aromatic carbocycles. The maximum Gasteiger partial charge on any atom is 0.252 e. The second kappa shape index (κ2) is 6.65. The summed E-state index contributed by atoms with van der Waals surface area (Å²) in [6, 6.07) is 4.58. The van der Waals surface area contributed by atoms with Crippen LogP contribution < -0.4 is 5.32 Å². The van der Waals surface area contributed by atoms with Crippen molar-refractivity contribution < 1.29 is 9.18 Å². The van der Waals surface area contributed by atoms with Crippen LogP contribution in [0.4, 0.5) is 4.39 Å². The number of rotatable bonds is 4. The van der Waals surface area contributed by atoms with Gasteiger partial charge in [-0.05, 0) is 73.6 Å². The second-order valence-electron chi connectivity index (χ2n) is 4.93. The molecule has 0 saturated carbocycles. The molecule has 1 aromatic rings. The number of carbonyl (C=O) groups is 1. The number of carbonyl (C=O) groups excluding carboxylic acids is 1. The molecule has 2 rings (SSSR count). The van der Waals surface area contributed by atoms with E-state index in [0.29, 0.717) is 21.7 Å². The minimum Gasteiger partial charge on any atom is -0.350 e. The molecule has 1 amide bonds. The average molecular weight is 376 g/mol. The number of hydrogen-bond donors (Lipinski definition) is 1. The zero-order chi connectivity index (χ0) is 13.8. The van der Waals surface area contributed by atoms with Crippen LogP contribution in [0.5, 0.6) is 0 Å². The van der Waals surface area contributed by atoms with Crippen molar-refractivity contribution in [1.29, 1.82) is 0 Å². The Balaban J connectivity index is 1.90. The zero-order valence-corrected chi connectivity index (χ0v) is 13.1. The third-order valence-corrected chi connectivity index (χ3v) is 4.39. The van der Waals surface area contributed by atoms with Crippen LogP contribution in [-0.2, 0) is 0 Å². The van der Waals surface area contributed by atoms with Crippen LogP contribution in [-0.4, -0.2) is 36.5 Å². The first-order valence-electron chi connectivity index (χ1n) is 6.55. The lowest BCUT2D eigenvalue weighted by Crippen LogP contribution is -2.40. The van der Waals surface area contributed by atoms with E-state index in [2.05, 4.69) is 17.1 Å². The summed E-state index contributed by atoms with van der Waals surface area (Å²) in [5, 5.41) is 2.93. The molecule has 1 N–H and O–H groups in total. The molecule has 0 spiro atoms. The van der Waals surface area contributed by atoms with Gasteiger partial charge >= 0.3 is 0 Å². The van der Waals surface area contributed by atoms with E-state index in [0.717, 1.165) is 13.1 Å². The van der Waals surface area contributed by atoms with Crippen molar-refractivity contribution in [3.05, 3.63) is 33.1 Å². The van der Waals surface area contributed by atoms with Crippen molar-refractivity contribution in [2.45, 2.75) is 25.8 Å². The number of hydrogen-bond acceptors (Lipinski definition) is 2. The Kier molecular flexibility index (Phi) is 5.15. The fraction of sp³-hybridized carbons (Fsp3) is 0.500. The van der Waals surface area contributed by atoms with Crippen LogP contribution >= 0.6 is 22.6 Å². The Hall–Kier alpha value is -0.690. The first kappa shape index (κ1) is 14.7. The summed E-state index contributed by atoms with van der Waals surface area (Å²) in [4.78, 5) is 14.4. The van der Waals surface area contributed by atoms with Gasteiger partial charge in [0.2, 0.25) is 0 Å². The zero-order valence-electron chi connectivity index (χ0n) is 11.0. The summed E-state index contributed by atoms with van der Waals surface area (Å²) in [5.74, 6) is -0.443. The van der Waals surface area contributed by atoms with Crippen LogP contribution in [0.1, 0.15) is 30.1 Å². The van der Waals surface area contributed by atoms with Gasteiger partial charge in [-0.3, -0.25) is 9.69 Å². The molecule has 3 nitrogen and oxygen atoms in total. The van der Waals surface area contributed by atoms with Crippen molar-refractivity contribution in [3.63, 3.8) is 0 Å². The minimum absolute atomic E-state index is 0.129. The first-order valence-corrected chi connectivity index (χ1v) is 7.63. The maximum absolute atomic E-state index is 13.0. The lowest BCUT2D eigenvalue weighted by atomic mass is 10.2. The fourth-order valence-electron chi connectivity index (χ4n) is 2.32. The van der Waals surface area contributed by atoms with E-state index in [1.54, 1.807) is 0 Å². The molecule has 19 heavy (non-hydrogen) atoms. The molecule has 1 aliphatic heterocycles. The number of amides is 1. The third-order valence-electron chi connectivity index (χ3n) is 3.50. The molecule has 1 heterocycles. The van der Waals surface area contributed by atoms with Gasteiger partial charge < -0.3 is 5.32 Å². The number of nitrogens with zero attached hydrogens (tertiary/aromatic N) is 1. The van der Waals surface area contributed by atoms with Gasteiger partial charge in [0.15, 0.2) is 0 Å². The lowest BCUT2D eigenvalue weighted by molar-refractivity contribution is 0.0939. The van der Waals surface area contributed by atoms with Crippen molar-refractivity contribution in [2.24, 2.45) is 0 Å². The smallest absolute Gasteiger partial charge is 0.252 e. The standard InChI is InChI=1S/C14H18FIN2O/c1-10(18-6-2-3-7-18)9-17-14(19)12-5-4-11(15)8-13(12)16/h4-5,8,10H,2-3,6-7,9H2,1H3,(H,17,19)/t10-/m0/s1. The molecule has 0 radical (unpaired) electrons. The van der Waals surface area contributed by atoms with Crippen molar-refractivity contribution in [3.8, 4) is 0 Å². The minimum atomic E-state index is -0.314. The number of nitrogens with one attached hydrogen (secondary N) is 1. The van der Waals surface area contributed by atoms with E-state index in [4.69, 9.17) is 0 Å². The average Bonchev–Trinajstić information content (AvgIpc) is 2.89. The van der Waals surface area contributed by atoms with Crippen LogP contribution in [0.15, 0.2) is 18.2 Å². The molecule has 104 valence electrons. The Morgan fingerprint density at radius 1 is 1.47 bits per heavy atom. The van der Waals surface area contributed by atoms with E-state index in [1.807, 2.05) is 22.6 Å². The van der Waals surface area contributed by atoms with Gasteiger partial charge in [-0.2, -0.15) is 0 Å². The predicted molar refractivity (Wildman–Crippen MR) is 81.7 cm³/mol. The molecular formula is C14H18FIN2O. The highest BCUT2D eigenvalue weighted by Crippen LogP contribution is 2.14. The molecule has 1 saturated heterocycles. The molecule has 0 aromatic heterocycles. The maximum atomic E-state index is 13.0. The highest BCUT2D eigenvalue weighted by Gasteiger charge is 2.19. The van der Waals surface area contributed by atoms with E-state index in [9.17, 15) is 9.18 Å². The van der Waals surface area contributed by atoms with Gasteiger partial charge in [-0.25, -0.2) is 4.39 Å². The topological polar surface area (TPSA) is 32.3 Å². The fourth-order valence-corrected chi connectivity index (χ4v) is 3.04. The molecule has 1 atom stereocenters. The summed E-state index contributed by atoms with van der Waals surface area (Å²) in [7, 11) is 0. The quantitative estimate of drug-likeness (QED) is 0.820. The molecule has 0 unspecified atom stereocenters. The number of benzene rings is 1. The van der Waals surface area contributed by atoms with Crippen LogP contribution in [0.2, 0.25) is 0 Å². The molecule has 0 aliphatic carbocycles. The molecule has 5 heteroatoms. The Labute approximate surface area is 126 Å². The Bertz CT molecular complexity index is 461. The Morgan fingerprint density at radius 3 is 2.79 bits per heavy atom. The van der Waals surface area contributed by atoms with E-state index >= 15 is 0 Å².